The number of thiazole rings is 1. The van der Waals surface area contributed by atoms with E-state index in [4.69, 9.17) is 0 Å². The van der Waals surface area contributed by atoms with Crippen molar-refractivity contribution in [2.75, 3.05) is 10.9 Å². The number of benzene rings is 1. The molecule has 9 heteroatoms. The van der Waals surface area contributed by atoms with Crippen LogP contribution in [0.4, 0.5) is 24.0 Å². The monoisotopic (exact) mass is 304 g/mol. The molecule has 1 aromatic carbocycles. The number of anilines is 2. The fourth-order valence-corrected chi connectivity index (χ4v) is 2.04. The molecule has 0 radical (unpaired) electrons. The third-order valence-electron chi connectivity index (χ3n) is 2.33. The van der Waals surface area contributed by atoms with Crippen molar-refractivity contribution in [3.8, 4) is 11.5 Å². The Morgan fingerprint density at radius 2 is 2.00 bits per heavy atom. The van der Waals surface area contributed by atoms with E-state index in [1.807, 2.05) is 6.92 Å². The molecular weight excluding hydrogens is 295 g/mol. The second kappa shape index (κ2) is 5.08. The fourth-order valence-electron chi connectivity index (χ4n) is 1.42. The number of hydrazine groups is 1. The van der Waals surface area contributed by atoms with Gasteiger partial charge in [0.05, 0.1) is 11.3 Å². The van der Waals surface area contributed by atoms with Crippen LogP contribution >= 0.6 is 11.3 Å². The van der Waals surface area contributed by atoms with Gasteiger partial charge in [-0.3, -0.25) is 10.9 Å². The Kier molecular flexibility index (Phi) is 3.62. The van der Waals surface area contributed by atoms with Gasteiger partial charge in [-0.15, -0.1) is 11.3 Å². The summed E-state index contributed by atoms with van der Waals surface area (Å²) in [5.41, 5.74) is 3.33. The Hall–Kier alpha value is -2.16. The summed E-state index contributed by atoms with van der Waals surface area (Å²) in [6.07, 6.45) is -3.20. The molecule has 0 atom stereocenters. The molecule has 0 saturated carbocycles. The number of phenolic OH excluding ortho intramolecular Hbond substituents is 1. The summed E-state index contributed by atoms with van der Waals surface area (Å²) in [4.78, 5) is 4.84. The number of aromatic nitrogens is 1. The van der Waals surface area contributed by atoms with E-state index in [2.05, 4.69) is 15.8 Å². The summed E-state index contributed by atoms with van der Waals surface area (Å²) in [6.45, 7) is 1.81. The summed E-state index contributed by atoms with van der Waals surface area (Å²) < 4.78 is 37.8. The number of aromatic hydroxyl groups is 1. The minimum absolute atomic E-state index is 0.259. The number of alkyl halides is 3. The van der Waals surface area contributed by atoms with Gasteiger partial charge in [0.1, 0.15) is 5.75 Å². The second-order valence-electron chi connectivity index (χ2n) is 3.89. The summed E-state index contributed by atoms with van der Waals surface area (Å²) in [7, 11) is 0. The molecule has 2 rings (SSSR count). The first-order valence-electron chi connectivity index (χ1n) is 5.33. The van der Waals surface area contributed by atoms with Crippen molar-refractivity contribution in [2.24, 2.45) is 0 Å². The molecule has 0 aliphatic carbocycles. The van der Waals surface area contributed by atoms with E-state index in [1.165, 1.54) is 11.3 Å². The first kappa shape index (κ1) is 14.3. The topological polar surface area (TPSA) is 80.2 Å². The number of phenols is 1. The molecule has 20 heavy (non-hydrogen) atoms. The summed E-state index contributed by atoms with van der Waals surface area (Å²) >= 11 is 1.28. The van der Waals surface area contributed by atoms with Crippen molar-refractivity contribution in [3.63, 3.8) is 0 Å². The number of hydrogen-bond acceptors (Lipinski definition) is 6. The predicted molar refractivity (Wildman–Crippen MR) is 66.7 cm³/mol. The van der Waals surface area contributed by atoms with Crippen LogP contribution in [0.5, 0.6) is 11.5 Å². The lowest BCUT2D eigenvalue weighted by atomic mass is 10.1. The second-order valence-corrected chi connectivity index (χ2v) is 5.12. The van der Waals surface area contributed by atoms with E-state index in [1.54, 1.807) is 6.20 Å². The van der Waals surface area contributed by atoms with Gasteiger partial charge in [-0.05, 0) is 19.1 Å². The molecule has 0 aliphatic heterocycles. The third kappa shape index (κ3) is 3.05. The van der Waals surface area contributed by atoms with Gasteiger partial charge in [-0.25, -0.2) is 4.98 Å². The van der Waals surface area contributed by atoms with E-state index in [0.717, 1.165) is 4.88 Å². The van der Waals surface area contributed by atoms with Crippen molar-refractivity contribution in [2.45, 2.75) is 13.1 Å². The molecule has 0 fully saturated rings. The van der Waals surface area contributed by atoms with E-state index in [0.29, 0.717) is 17.3 Å². The molecule has 0 amide bonds. The molecule has 1 heterocycles. The maximum atomic E-state index is 12.6. The third-order valence-corrected chi connectivity index (χ3v) is 3.16. The number of nitrogens with zero attached hydrogens (tertiary/aromatic N) is 1. The predicted octanol–water partition coefficient (Wildman–Crippen LogP) is 2.69. The van der Waals surface area contributed by atoms with Gasteiger partial charge in [0.2, 0.25) is 5.13 Å². The fraction of sp³-hybridized carbons (Fsp3) is 0.182. The quantitative estimate of drug-likeness (QED) is 0.600. The van der Waals surface area contributed by atoms with Gasteiger partial charge < -0.3 is 10.2 Å². The zero-order valence-electron chi connectivity index (χ0n) is 10.1. The summed E-state index contributed by atoms with van der Waals surface area (Å²) in [5.74, 6) is -1.87. The van der Waals surface area contributed by atoms with E-state index < -0.39 is 23.2 Å². The van der Waals surface area contributed by atoms with Crippen LogP contribution < -0.4 is 16.0 Å². The lowest BCUT2D eigenvalue weighted by molar-refractivity contribution is -0.276. The van der Waals surface area contributed by atoms with Crippen molar-refractivity contribution in [1.29, 1.82) is 0 Å². The molecule has 0 spiro atoms. The number of hydrogen-bond donors (Lipinski definition) is 3. The summed E-state index contributed by atoms with van der Waals surface area (Å²) in [6, 6.07) is 1.06. The van der Waals surface area contributed by atoms with Crippen molar-refractivity contribution < 1.29 is 23.4 Å². The normalized spacial score (nSPS) is 11.4. The van der Waals surface area contributed by atoms with Crippen LogP contribution in [-0.2, 0) is 6.18 Å². The Morgan fingerprint density at radius 1 is 1.30 bits per heavy atom. The molecular formula is C11H9F3N3O2S-. The SMILES string of the molecule is Cc1cnc(NNc2cc(C(F)(F)F)c([O-])cc2O)s1. The molecule has 1 aromatic heterocycles. The summed E-state index contributed by atoms with van der Waals surface area (Å²) in [5, 5.41) is 21.1. The maximum Gasteiger partial charge on any atom is 0.415 e. The van der Waals surface area contributed by atoms with Crippen LogP contribution in [0.25, 0.3) is 0 Å². The molecule has 3 N–H and O–H groups in total. The van der Waals surface area contributed by atoms with Crippen LogP contribution in [0.3, 0.4) is 0 Å². The first-order valence-corrected chi connectivity index (χ1v) is 6.14. The zero-order chi connectivity index (χ0) is 14.9. The number of rotatable bonds is 3. The average Bonchev–Trinajstić information content (AvgIpc) is 2.72. The van der Waals surface area contributed by atoms with Gasteiger partial charge >= 0.3 is 6.18 Å². The standard InChI is InChI=1S/C11H10F3N3O2S/c1-5-4-15-10(20-5)17-16-7-2-6(11(12,13)14)8(18)3-9(7)19/h2-4,16,18-19H,1H3,(H,15,17)/p-1. The Balaban J connectivity index is 2.23. The van der Waals surface area contributed by atoms with Crippen LogP contribution in [0.1, 0.15) is 10.4 Å². The molecule has 0 unspecified atom stereocenters. The van der Waals surface area contributed by atoms with Gasteiger partial charge in [0.25, 0.3) is 0 Å². The van der Waals surface area contributed by atoms with Crippen molar-refractivity contribution >= 4 is 22.2 Å². The molecule has 5 nitrogen and oxygen atoms in total. The Morgan fingerprint density at radius 3 is 2.55 bits per heavy atom. The molecule has 2 aromatic rings. The van der Waals surface area contributed by atoms with Crippen molar-refractivity contribution in [1.82, 2.24) is 4.98 Å². The van der Waals surface area contributed by atoms with Gasteiger partial charge in [0, 0.05) is 11.1 Å². The number of aryl methyl sites for hydroxylation is 1. The highest BCUT2D eigenvalue weighted by Crippen LogP contribution is 2.39. The Bertz CT molecular complexity index is 628. The Labute approximate surface area is 115 Å². The maximum absolute atomic E-state index is 12.6. The van der Waals surface area contributed by atoms with Gasteiger partial charge in [-0.1, -0.05) is 5.75 Å². The smallest absolute Gasteiger partial charge is 0.415 e. The van der Waals surface area contributed by atoms with Crippen LogP contribution in [0.15, 0.2) is 18.3 Å². The highest BCUT2D eigenvalue weighted by molar-refractivity contribution is 7.15. The molecule has 0 bridgehead atoms. The molecule has 108 valence electrons. The van der Waals surface area contributed by atoms with Crippen molar-refractivity contribution in [3.05, 3.63) is 28.8 Å². The average molecular weight is 304 g/mol. The number of halogens is 3. The highest BCUT2D eigenvalue weighted by atomic mass is 32.1. The van der Waals surface area contributed by atoms with E-state index >= 15 is 0 Å². The zero-order valence-corrected chi connectivity index (χ0v) is 10.9. The van der Waals surface area contributed by atoms with Crippen LogP contribution in [-0.4, -0.2) is 10.1 Å². The minimum Gasteiger partial charge on any atom is -0.872 e. The van der Waals surface area contributed by atoms with Gasteiger partial charge in [0.15, 0.2) is 0 Å². The van der Waals surface area contributed by atoms with Gasteiger partial charge in [-0.2, -0.15) is 13.2 Å². The lowest BCUT2D eigenvalue weighted by Crippen LogP contribution is -2.13. The lowest BCUT2D eigenvalue weighted by Gasteiger charge is -2.19. The first-order chi connectivity index (χ1) is 9.27. The molecule has 0 saturated heterocycles. The van der Waals surface area contributed by atoms with E-state index in [9.17, 15) is 23.4 Å². The van der Waals surface area contributed by atoms with Crippen LogP contribution in [0.2, 0.25) is 0 Å². The molecule has 0 aliphatic rings. The minimum atomic E-state index is -4.78. The number of nitrogens with one attached hydrogen (secondary N) is 2. The largest absolute Gasteiger partial charge is 0.872 e. The van der Waals surface area contributed by atoms with E-state index in [-0.39, 0.29) is 5.69 Å². The highest BCUT2D eigenvalue weighted by Gasteiger charge is 2.32. The van der Waals surface area contributed by atoms with Crippen LogP contribution in [0, 0.1) is 6.92 Å².